The van der Waals surface area contributed by atoms with E-state index in [-0.39, 0.29) is 17.2 Å². The van der Waals surface area contributed by atoms with E-state index in [1.807, 2.05) is 7.05 Å². The van der Waals surface area contributed by atoms with Gasteiger partial charge in [-0.3, -0.25) is 4.90 Å². The van der Waals surface area contributed by atoms with Crippen LogP contribution in [0.25, 0.3) is 0 Å². The summed E-state index contributed by atoms with van der Waals surface area (Å²) in [6.07, 6.45) is -0.0992. The minimum absolute atomic E-state index is 0.0992. The number of benzene rings is 1. The number of nitrogens with one attached hydrogen (secondary N) is 1. The molecule has 118 valence electrons. The Hall–Kier alpha value is -0.200. The molecule has 21 heavy (non-hydrogen) atoms. The highest BCUT2D eigenvalue weighted by atomic mass is 79.9. The lowest BCUT2D eigenvalue weighted by Crippen LogP contribution is -2.50. The predicted molar refractivity (Wildman–Crippen MR) is 87.4 cm³/mol. The number of nitrogens with zero attached hydrogens (tertiary/aromatic N) is 1. The molecule has 0 bridgehead atoms. The van der Waals surface area contributed by atoms with Crippen LogP contribution >= 0.6 is 27.5 Å². The molecule has 1 N–H and O–H groups in total. The van der Waals surface area contributed by atoms with Crippen molar-refractivity contribution in [3.8, 4) is 0 Å². The third-order valence-electron chi connectivity index (χ3n) is 3.94. The molecule has 3 nitrogen and oxygen atoms in total. The minimum Gasteiger partial charge on any atom is -0.374 e. The summed E-state index contributed by atoms with van der Waals surface area (Å²) < 4.78 is 20.9. The molecule has 0 aliphatic carbocycles. The van der Waals surface area contributed by atoms with E-state index in [1.165, 1.54) is 0 Å². The van der Waals surface area contributed by atoms with Gasteiger partial charge < -0.3 is 10.1 Å². The summed E-state index contributed by atoms with van der Waals surface area (Å²) in [5.74, 6) is -0.393. The second-order valence-corrected chi connectivity index (χ2v) is 6.76. The molecule has 1 saturated heterocycles. The molecule has 1 aromatic rings. The van der Waals surface area contributed by atoms with Crippen molar-refractivity contribution in [1.82, 2.24) is 10.2 Å². The average molecular weight is 380 g/mol. The van der Waals surface area contributed by atoms with Crippen molar-refractivity contribution >= 4 is 27.5 Å². The van der Waals surface area contributed by atoms with Gasteiger partial charge in [-0.25, -0.2) is 4.39 Å². The zero-order chi connectivity index (χ0) is 15.6. The molecule has 2 rings (SSSR count). The molecule has 1 aromatic carbocycles. The number of rotatable bonds is 4. The molecular weight excluding hydrogens is 359 g/mol. The van der Waals surface area contributed by atoms with Crippen molar-refractivity contribution in [2.24, 2.45) is 0 Å². The molecule has 0 spiro atoms. The Labute approximate surface area is 138 Å². The number of halogens is 3. The van der Waals surface area contributed by atoms with Crippen LogP contribution in [-0.4, -0.2) is 43.8 Å². The molecule has 0 aromatic heterocycles. The Kier molecular flexibility index (Phi) is 6.03. The van der Waals surface area contributed by atoms with Crippen molar-refractivity contribution in [3.63, 3.8) is 0 Å². The van der Waals surface area contributed by atoms with E-state index in [1.54, 1.807) is 12.1 Å². The van der Waals surface area contributed by atoms with Gasteiger partial charge in [-0.15, -0.1) is 0 Å². The van der Waals surface area contributed by atoms with E-state index >= 15 is 0 Å². The second kappa shape index (κ2) is 7.38. The van der Waals surface area contributed by atoms with Crippen molar-refractivity contribution in [2.45, 2.75) is 32.0 Å². The van der Waals surface area contributed by atoms with Gasteiger partial charge in [0, 0.05) is 29.2 Å². The molecule has 2 unspecified atom stereocenters. The Balaban J connectivity index is 2.25. The largest absolute Gasteiger partial charge is 0.374 e. The van der Waals surface area contributed by atoms with Gasteiger partial charge in [-0.05, 0) is 42.9 Å². The Morgan fingerprint density at radius 3 is 2.81 bits per heavy atom. The summed E-state index contributed by atoms with van der Waals surface area (Å²) in [7, 11) is 1.82. The topological polar surface area (TPSA) is 24.5 Å². The first-order valence-electron chi connectivity index (χ1n) is 7.12. The Morgan fingerprint density at radius 1 is 1.48 bits per heavy atom. The zero-order valence-corrected chi connectivity index (χ0v) is 14.8. The van der Waals surface area contributed by atoms with Crippen LogP contribution in [0.1, 0.15) is 25.5 Å². The number of morpholine rings is 1. The van der Waals surface area contributed by atoms with Gasteiger partial charge >= 0.3 is 0 Å². The number of likely N-dealkylation sites (N-methyl/N-ethyl adjacent to an activating group) is 1. The van der Waals surface area contributed by atoms with Crippen LogP contribution < -0.4 is 5.32 Å². The van der Waals surface area contributed by atoms with E-state index in [4.69, 9.17) is 16.3 Å². The molecular formula is C15H21BrClFN2O. The first kappa shape index (κ1) is 17.2. The molecule has 2 atom stereocenters. The van der Waals surface area contributed by atoms with Gasteiger partial charge in [0.1, 0.15) is 5.82 Å². The van der Waals surface area contributed by atoms with Gasteiger partial charge in [0.05, 0.1) is 23.8 Å². The molecule has 1 fully saturated rings. The van der Waals surface area contributed by atoms with Crippen LogP contribution in [0.4, 0.5) is 4.39 Å². The van der Waals surface area contributed by atoms with Gasteiger partial charge in [-0.1, -0.05) is 17.7 Å². The van der Waals surface area contributed by atoms with E-state index in [0.717, 1.165) is 13.1 Å². The average Bonchev–Trinajstić information content (AvgIpc) is 2.48. The lowest BCUT2D eigenvalue weighted by Gasteiger charge is -2.39. The summed E-state index contributed by atoms with van der Waals surface area (Å²) in [4.78, 5) is 2.34. The molecule has 1 heterocycles. The molecule has 0 amide bonds. The van der Waals surface area contributed by atoms with Crippen LogP contribution in [0.5, 0.6) is 0 Å². The Bertz CT molecular complexity index is 501. The maximum absolute atomic E-state index is 14.4. The maximum Gasteiger partial charge on any atom is 0.147 e. The highest BCUT2D eigenvalue weighted by Gasteiger charge is 2.31. The van der Waals surface area contributed by atoms with Gasteiger partial charge in [0.2, 0.25) is 0 Å². The van der Waals surface area contributed by atoms with Gasteiger partial charge in [0.15, 0.2) is 0 Å². The fourth-order valence-electron chi connectivity index (χ4n) is 2.69. The first-order chi connectivity index (χ1) is 9.95. The van der Waals surface area contributed by atoms with Crippen LogP contribution in [0.3, 0.4) is 0 Å². The van der Waals surface area contributed by atoms with Crippen molar-refractivity contribution in [2.75, 3.05) is 26.7 Å². The van der Waals surface area contributed by atoms with Gasteiger partial charge in [0.25, 0.3) is 0 Å². The second-order valence-electron chi connectivity index (χ2n) is 5.53. The first-order valence-corrected chi connectivity index (χ1v) is 8.29. The predicted octanol–water partition coefficient (Wildman–Crippen LogP) is 3.61. The minimum atomic E-state index is -0.393. The third-order valence-corrected chi connectivity index (χ3v) is 5.20. The fourth-order valence-corrected chi connectivity index (χ4v) is 3.17. The monoisotopic (exact) mass is 378 g/mol. The number of hydrogen-bond donors (Lipinski definition) is 1. The van der Waals surface area contributed by atoms with E-state index in [0.29, 0.717) is 22.7 Å². The fraction of sp³-hybridized carbons (Fsp3) is 0.600. The lowest BCUT2D eigenvalue weighted by atomic mass is 9.99. The molecule has 0 radical (unpaired) electrons. The highest BCUT2D eigenvalue weighted by Crippen LogP contribution is 2.32. The summed E-state index contributed by atoms with van der Waals surface area (Å²) in [5.41, 5.74) is 0.543. The lowest BCUT2D eigenvalue weighted by molar-refractivity contribution is -0.0554. The quantitative estimate of drug-likeness (QED) is 0.809. The molecule has 1 aliphatic heterocycles. The van der Waals surface area contributed by atoms with Crippen LogP contribution in [0.2, 0.25) is 5.02 Å². The Morgan fingerprint density at radius 2 is 2.19 bits per heavy atom. The van der Waals surface area contributed by atoms with Crippen LogP contribution in [0, 0.1) is 5.82 Å². The normalized spacial score (nSPS) is 21.8. The van der Waals surface area contributed by atoms with E-state index in [9.17, 15) is 4.39 Å². The summed E-state index contributed by atoms with van der Waals surface area (Å²) in [6, 6.07) is 3.75. The molecule has 1 aliphatic rings. The van der Waals surface area contributed by atoms with E-state index in [2.05, 4.69) is 40.0 Å². The number of ether oxygens (including phenoxy) is 1. The van der Waals surface area contributed by atoms with Gasteiger partial charge in [-0.2, -0.15) is 0 Å². The van der Waals surface area contributed by atoms with Crippen molar-refractivity contribution in [3.05, 3.63) is 33.0 Å². The smallest absolute Gasteiger partial charge is 0.147 e. The molecule has 6 heteroatoms. The highest BCUT2D eigenvalue weighted by molar-refractivity contribution is 9.10. The van der Waals surface area contributed by atoms with E-state index < -0.39 is 5.82 Å². The molecule has 0 saturated carbocycles. The SMILES string of the molecule is CNC(c1ccc(Br)c(Cl)c1F)C1CN(C(C)C)CCO1. The summed E-state index contributed by atoms with van der Waals surface area (Å²) in [5, 5.41) is 3.28. The van der Waals surface area contributed by atoms with Crippen molar-refractivity contribution in [1.29, 1.82) is 0 Å². The van der Waals surface area contributed by atoms with Crippen LogP contribution in [-0.2, 0) is 4.74 Å². The summed E-state index contributed by atoms with van der Waals surface area (Å²) in [6.45, 7) is 6.67. The number of hydrogen-bond acceptors (Lipinski definition) is 3. The van der Waals surface area contributed by atoms with Crippen molar-refractivity contribution < 1.29 is 9.13 Å². The van der Waals surface area contributed by atoms with Crippen LogP contribution in [0.15, 0.2) is 16.6 Å². The zero-order valence-electron chi connectivity index (χ0n) is 12.5. The standard InChI is InChI=1S/C15H21BrClFN2O/c1-9(2)20-6-7-21-12(8-20)15(19-3)10-4-5-11(16)13(17)14(10)18/h4-5,9,12,15,19H,6-8H2,1-3H3. The maximum atomic E-state index is 14.4. The third kappa shape index (κ3) is 3.77. The summed E-state index contributed by atoms with van der Waals surface area (Å²) >= 11 is 9.25.